The molecule has 6 nitrogen and oxygen atoms in total. The van der Waals surface area contributed by atoms with Gasteiger partial charge < -0.3 is 9.73 Å². The topological polar surface area (TPSA) is 79.6 Å². The van der Waals surface area contributed by atoms with Crippen LogP contribution in [0.5, 0.6) is 0 Å². The SMILES string of the molecule is Cc1ccc(S(=O)(=O)N(C)Cc2ccc(C(=O)Nc3ccc(C)c(C)c3)o2)cc1. The molecule has 1 amide bonds. The smallest absolute Gasteiger partial charge is 0.291 e. The van der Waals surface area contributed by atoms with Gasteiger partial charge in [0.05, 0.1) is 11.4 Å². The summed E-state index contributed by atoms with van der Waals surface area (Å²) < 4.78 is 32.2. The van der Waals surface area contributed by atoms with Crippen molar-refractivity contribution in [2.75, 3.05) is 12.4 Å². The molecule has 152 valence electrons. The van der Waals surface area contributed by atoms with Crippen LogP contribution in [-0.2, 0) is 16.6 Å². The van der Waals surface area contributed by atoms with Gasteiger partial charge in [-0.05, 0) is 68.3 Å². The Kier molecular flexibility index (Phi) is 5.91. The summed E-state index contributed by atoms with van der Waals surface area (Å²) >= 11 is 0. The molecule has 1 aromatic heterocycles. The van der Waals surface area contributed by atoms with Crippen LogP contribution in [-0.4, -0.2) is 25.7 Å². The molecule has 0 atom stereocenters. The molecule has 0 unspecified atom stereocenters. The van der Waals surface area contributed by atoms with Gasteiger partial charge in [-0.2, -0.15) is 4.31 Å². The van der Waals surface area contributed by atoms with Crippen LogP contribution in [0.2, 0.25) is 0 Å². The lowest BCUT2D eigenvalue weighted by Gasteiger charge is -2.16. The van der Waals surface area contributed by atoms with E-state index in [1.165, 1.54) is 17.4 Å². The van der Waals surface area contributed by atoms with Gasteiger partial charge in [0.15, 0.2) is 5.76 Å². The first-order valence-corrected chi connectivity index (χ1v) is 10.6. The lowest BCUT2D eigenvalue weighted by atomic mass is 10.1. The normalized spacial score (nSPS) is 11.6. The number of hydrogen-bond donors (Lipinski definition) is 1. The molecule has 0 saturated carbocycles. The molecule has 0 radical (unpaired) electrons. The molecule has 29 heavy (non-hydrogen) atoms. The number of benzene rings is 2. The van der Waals surface area contributed by atoms with E-state index in [1.54, 1.807) is 30.3 Å². The van der Waals surface area contributed by atoms with Gasteiger partial charge in [-0.1, -0.05) is 23.8 Å². The van der Waals surface area contributed by atoms with Crippen molar-refractivity contribution in [3.63, 3.8) is 0 Å². The van der Waals surface area contributed by atoms with E-state index in [0.29, 0.717) is 11.4 Å². The lowest BCUT2D eigenvalue weighted by Crippen LogP contribution is -2.26. The van der Waals surface area contributed by atoms with E-state index in [-0.39, 0.29) is 23.1 Å². The lowest BCUT2D eigenvalue weighted by molar-refractivity contribution is 0.0994. The van der Waals surface area contributed by atoms with Crippen LogP contribution in [0, 0.1) is 20.8 Å². The summed E-state index contributed by atoms with van der Waals surface area (Å²) in [4.78, 5) is 12.6. The Morgan fingerprint density at radius 1 is 0.966 bits per heavy atom. The first kappa shape index (κ1) is 20.8. The van der Waals surface area contributed by atoms with Crippen LogP contribution in [0.3, 0.4) is 0 Å². The zero-order valence-corrected chi connectivity index (χ0v) is 17.7. The number of sulfonamides is 1. The van der Waals surface area contributed by atoms with Crippen LogP contribution < -0.4 is 5.32 Å². The number of nitrogens with one attached hydrogen (secondary N) is 1. The molecule has 0 aliphatic carbocycles. The second-order valence-corrected chi connectivity index (χ2v) is 9.14. The molecule has 0 aliphatic heterocycles. The third-order valence-corrected chi connectivity index (χ3v) is 6.58. The summed E-state index contributed by atoms with van der Waals surface area (Å²) in [5.41, 5.74) is 3.87. The number of carbonyl (C=O) groups is 1. The van der Waals surface area contributed by atoms with Gasteiger partial charge in [0.2, 0.25) is 10.0 Å². The molecule has 3 rings (SSSR count). The second kappa shape index (κ2) is 8.23. The summed E-state index contributed by atoms with van der Waals surface area (Å²) in [5, 5.41) is 2.79. The maximum Gasteiger partial charge on any atom is 0.291 e. The van der Waals surface area contributed by atoms with Crippen LogP contribution in [0.15, 0.2) is 63.9 Å². The average Bonchev–Trinajstić information content (AvgIpc) is 3.14. The zero-order valence-electron chi connectivity index (χ0n) is 16.9. The largest absolute Gasteiger partial charge is 0.455 e. The maximum absolute atomic E-state index is 12.7. The Hall–Kier alpha value is -2.90. The van der Waals surface area contributed by atoms with Crippen LogP contribution >= 0.6 is 0 Å². The molecule has 0 saturated heterocycles. The van der Waals surface area contributed by atoms with Crippen molar-refractivity contribution in [2.45, 2.75) is 32.2 Å². The fourth-order valence-corrected chi connectivity index (χ4v) is 3.93. The van der Waals surface area contributed by atoms with Crippen LogP contribution in [0.1, 0.15) is 33.0 Å². The standard InChI is InChI=1S/C22H24N2O4S/c1-15-5-10-20(11-6-15)29(26,27)24(4)14-19-9-12-21(28-19)22(25)23-18-8-7-16(2)17(3)13-18/h5-13H,14H2,1-4H3,(H,23,25). The van der Waals surface area contributed by atoms with Crippen LogP contribution in [0.25, 0.3) is 0 Å². The summed E-state index contributed by atoms with van der Waals surface area (Å²) in [7, 11) is -2.17. The number of carbonyl (C=O) groups excluding carboxylic acids is 1. The van der Waals surface area contributed by atoms with Crippen molar-refractivity contribution in [1.29, 1.82) is 0 Å². The number of nitrogens with zero attached hydrogens (tertiary/aromatic N) is 1. The number of furan rings is 1. The molecule has 1 heterocycles. The minimum atomic E-state index is -3.65. The summed E-state index contributed by atoms with van der Waals surface area (Å²) in [6.07, 6.45) is 0. The predicted molar refractivity (Wildman–Crippen MR) is 112 cm³/mol. The molecular weight excluding hydrogens is 388 g/mol. The molecule has 1 N–H and O–H groups in total. The Bertz CT molecular complexity index is 1130. The molecular formula is C22H24N2O4S. The Morgan fingerprint density at radius 2 is 1.66 bits per heavy atom. The fraction of sp³-hybridized carbons (Fsp3) is 0.227. The molecule has 3 aromatic rings. The molecule has 0 aliphatic rings. The van der Waals surface area contributed by atoms with E-state index in [0.717, 1.165) is 16.7 Å². The van der Waals surface area contributed by atoms with Gasteiger partial charge in [-0.15, -0.1) is 0 Å². The van der Waals surface area contributed by atoms with Crippen molar-refractivity contribution < 1.29 is 17.6 Å². The van der Waals surface area contributed by atoms with Gasteiger partial charge in [0.1, 0.15) is 5.76 Å². The van der Waals surface area contributed by atoms with E-state index >= 15 is 0 Å². The molecule has 2 aromatic carbocycles. The minimum Gasteiger partial charge on any atom is -0.455 e. The van der Waals surface area contributed by atoms with Crippen molar-refractivity contribution in [3.8, 4) is 0 Å². The van der Waals surface area contributed by atoms with Gasteiger partial charge >= 0.3 is 0 Å². The second-order valence-electron chi connectivity index (χ2n) is 7.09. The van der Waals surface area contributed by atoms with Gasteiger partial charge in [-0.3, -0.25) is 4.79 Å². The van der Waals surface area contributed by atoms with E-state index in [1.807, 2.05) is 39.0 Å². The highest BCUT2D eigenvalue weighted by Gasteiger charge is 2.22. The number of rotatable bonds is 6. The predicted octanol–water partition coefficient (Wildman–Crippen LogP) is 4.28. The first-order valence-electron chi connectivity index (χ1n) is 9.17. The molecule has 0 spiro atoms. The fourth-order valence-electron chi connectivity index (χ4n) is 2.79. The van der Waals surface area contributed by atoms with Crippen molar-refractivity contribution >= 4 is 21.6 Å². The Balaban J connectivity index is 1.69. The third-order valence-electron chi connectivity index (χ3n) is 4.76. The Morgan fingerprint density at radius 3 is 2.31 bits per heavy atom. The highest BCUT2D eigenvalue weighted by Crippen LogP contribution is 2.20. The number of amides is 1. The summed E-state index contributed by atoms with van der Waals surface area (Å²) in [6.45, 7) is 5.89. The number of aryl methyl sites for hydroxylation is 3. The minimum absolute atomic E-state index is 0.0210. The van der Waals surface area contributed by atoms with E-state index in [4.69, 9.17) is 4.42 Å². The van der Waals surface area contributed by atoms with Crippen molar-refractivity contribution in [1.82, 2.24) is 4.31 Å². The third kappa shape index (κ3) is 4.75. The molecule has 0 fully saturated rings. The average molecular weight is 413 g/mol. The van der Waals surface area contributed by atoms with E-state index in [9.17, 15) is 13.2 Å². The molecule has 7 heteroatoms. The monoisotopic (exact) mass is 412 g/mol. The first-order chi connectivity index (χ1) is 13.7. The van der Waals surface area contributed by atoms with Crippen molar-refractivity contribution in [3.05, 3.63) is 82.8 Å². The summed E-state index contributed by atoms with van der Waals surface area (Å²) in [5.74, 6) is 0.122. The van der Waals surface area contributed by atoms with Gasteiger partial charge in [-0.25, -0.2) is 8.42 Å². The molecule has 0 bridgehead atoms. The maximum atomic E-state index is 12.7. The van der Waals surface area contributed by atoms with Gasteiger partial charge in [0, 0.05) is 12.7 Å². The zero-order chi connectivity index (χ0) is 21.2. The van der Waals surface area contributed by atoms with Crippen molar-refractivity contribution in [2.24, 2.45) is 0 Å². The van der Waals surface area contributed by atoms with E-state index < -0.39 is 10.0 Å². The summed E-state index contributed by atoms with van der Waals surface area (Å²) in [6, 6.07) is 15.5. The Labute approximate surface area is 171 Å². The number of hydrogen-bond acceptors (Lipinski definition) is 4. The quantitative estimate of drug-likeness (QED) is 0.655. The van der Waals surface area contributed by atoms with E-state index in [2.05, 4.69) is 5.32 Å². The van der Waals surface area contributed by atoms with Crippen LogP contribution in [0.4, 0.5) is 5.69 Å². The highest BCUT2D eigenvalue weighted by atomic mass is 32.2. The highest BCUT2D eigenvalue weighted by molar-refractivity contribution is 7.89. The van der Waals surface area contributed by atoms with Gasteiger partial charge in [0.25, 0.3) is 5.91 Å². The number of anilines is 1.